The van der Waals surface area contributed by atoms with Gasteiger partial charge in [0.05, 0.1) is 12.7 Å². The Kier molecular flexibility index (Phi) is 3.75. The molecule has 0 spiro atoms. The zero-order valence-corrected chi connectivity index (χ0v) is 10.6. The van der Waals surface area contributed by atoms with Crippen LogP contribution in [0.5, 0.6) is 11.5 Å². The highest BCUT2D eigenvalue weighted by Crippen LogP contribution is 2.32. The molecule has 0 aliphatic heterocycles. The van der Waals surface area contributed by atoms with E-state index in [1.807, 2.05) is 24.3 Å². The predicted molar refractivity (Wildman–Crippen MR) is 69.9 cm³/mol. The molecule has 0 atom stereocenters. The highest BCUT2D eigenvalue weighted by atomic mass is 32.2. The fourth-order valence-corrected chi connectivity index (χ4v) is 2.33. The molecule has 0 aliphatic carbocycles. The maximum Gasteiger partial charge on any atom is 0.120 e. The molecule has 2 aromatic carbocycles. The van der Waals surface area contributed by atoms with E-state index in [1.54, 1.807) is 25.3 Å². The Morgan fingerprint density at radius 2 is 1.89 bits per heavy atom. The van der Waals surface area contributed by atoms with E-state index in [0.717, 1.165) is 9.79 Å². The minimum absolute atomic E-state index is 0.231. The van der Waals surface area contributed by atoms with Crippen molar-refractivity contribution in [3.8, 4) is 17.6 Å². The lowest BCUT2D eigenvalue weighted by molar-refractivity contribution is 0.414. The number of ether oxygens (including phenoxy) is 1. The summed E-state index contributed by atoms with van der Waals surface area (Å²) in [4.78, 5) is 1.83. The standard InChI is InChI=1S/C14H11NO2S/c1-17-12-4-7-14(10(8-12)9-15)18-13-5-2-11(16)3-6-13/h2-8,16H,1H3. The summed E-state index contributed by atoms with van der Waals surface area (Å²) in [5, 5.41) is 18.3. The zero-order chi connectivity index (χ0) is 13.0. The number of hydrogen-bond donors (Lipinski definition) is 1. The number of phenolic OH excluding ortho intramolecular Hbond substituents is 1. The average molecular weight is 257 g/mol. The highest BCUT2D eigenvalue weighted by molar-refractivity contribution is 7.99. The van der Waals surface area contributed by atoms with Gasteiger partial charge in [-0.05, 0) is 42.5 Å². The van der Waals surface area contributed by atoms with Crippen LogP contribution >= 0.6 is 11.8 Å². The molecular formula is C14H11NO2S. The molecule has 18 heavy (non-hydrogen) atoms. The monoisotopic (exact) mass is 257 g/mol. The van der Waals surface area contributed by atoms with Gasteiger partial charge in [0.15, 0.2) is 0 Å². The Labute approximate surface area is 110 Å². The summed E-state index contributed by atoms with van der Waals surface area (Å²) in [7, 11) is 1.57. The summed E-state index contributed by atoms with van der Waals surface area (Å²) in [5.41, 5.74) is 0.576. The summed E-state index contributed by atoms with van der Waals surface area (Å²) < 4.78 is 5.08. The molecule has 4 heteroatoms. The molecule has 0 radical (unpaired) electrons. The molecule has 0 aliphatic rings. The average Bonchev–Trinajstić information content (AvgIpc) is 2.41. The van der Waals surface area contributed by atoms with Crippen LogP contribution in [0.15, 0.2) is 52.3 Å². The zero-order valence-electron chi connectivity index (χ0n) is 9.75. The van der Waals surface area contributed by atoms with Crippen molar-refractivity contribution in [1.29, 1.82) is 5.26 Å². The molecule has 0 aromatic heterocycles. The molecule has 0 saturated carbocycles. The normalized spacial score (nSPS) is 9.78. The lowest BCUT2D eigenvalue weighted by atomic mass is 10.2. The largest absolute Gasteiger partial charge is 0.508 e. The molecule has 0 heterocycles. The number of methoxy groups -OCH3 is 1. The predicted octanol–water partition coefficient (Wildman–Crippen LogP) is 3.42. The van der Waals surface area contributed by atoms with Crippen LogP contribution in [0.25, 0.3) is 0 Å². The van der Waals surface area contributed by atoms with E-state index in [-0.39, 0.29) is 5.75 Å². The molecule has 90 valence electrons. The third kappa shape index (κ3) is 2.76. The Morgan fingerprint density at radius 3 is 2.50 bits per heavy atom. The van der Waals surface area contributed by atoms with Gasteiger partial charge in [-0.25, -0.2) is 0 Å². The maximum atomic E-state index is 9.21. The maximum absolute atomic E-state index is 9.21. The number of rotatable bonds is 3. The van der Waals surface area contributed by atoms with Gasteiger partial charge in [-0.3, -0.25) is 0 Å². The molecule has 3 nitrogen and oxygen atoms in total. The van der Waals surface area contributed by atoms with Gasteiger partial charge in [0, 0.05) is 9.79 Å². The van der Waals surface area contributed by atoms with Crippen molar-refractivity contribution in [2.75, 3.05) is 7.11 Å². The van der Waals surface area contributed by atoms with Gasteiger partial charge in [-0.2, -0.15) is 5.26 Å². The van der Waals surface area contributed by atoms with E-state index in [1.165, 1.54) is 11.8 Å². The Balaban J connectivity index is 2.29. The van der Waals surface area contributed by atoms with E-state index in [2.05, 4.69) is 6.07 Å². The Hall–Kier alpha value is -2.12. The van der Waals surface area contributed by atoms with Crippen LogP contribution in [0.3, 0.4) is 0 Å². The highest BCUT2D eigenvalue weighted by Gasteiger charge is 2.06. The van der Waals surface area contributed by atoms with E-state index >= 15 is 0 Å². The summed E-state index contributed by atoms with van der Waals surface area (Å²) in [6, 6.07) is 14.4. The van der Waals surface area contributed by atoms with Crippen molar-refractivity contribution in [2.45, 2.75) is 9.79 Å². The van der Waals surface area contributed by atoms with Gasteiger partial charge in [-0.15, -0.1) is 0 Å². The molecule has 2 rings (SSSR count). The Morgan fingerprint density at radius 1 is 1.17 bits per heavy atom. The summed E-state index contributed by atoms with van der Waals surface area (Å²) >= 11 is 1.48. The van der Waals surface area contributed by atoms with Crippen LogP contribution in [0.1, 0.15) is 5.56 Å². The van der Waals surface area contributed by atoms with Crippen LogP contribution in [0.2, 0.25) is 0 Å². The summed E-state index contributed by atoms with van der Waals surface area (Å²) in [6.45, 7) is 0. The minimum atomic E-state index is 0.231. The van der Waals surface area contributed by atoms with Crippen LogP contribution in [-0.2, 0) is 0 Å². The topological polar surface area (TPSA) is 53.2 Å². The molecule has 0 amide bonds. The molecule has 2 aromatic rings. The molecule has 1 N–H and O–H groups in total. The van der Waals surface area contributed by atoms with E-state index < -0.39 is 0 Å². The van der Waals surface area contributed by atoms with Gasteiger partial charge in [-0.1, -0.05) is 11.8 Å². The lowest BCUT2D eigenvalue weighted by Crippen LogP contribution is -1.86. The quantitative estimate of drug-likeness (QED) is 0.915. The van der Waals surface area contributed by atoms with Crippen molar-refractivity contribution < 1.29 is 9.84 Å². The second-order valence-corrected chi connectivity index (χ2v) is 4.69. The van der Waals surface area contributed by atoms with E-state index in [4.69, 9.17) is 10.00 Å². The van der Waals surface area contributed by atoms with Gasteiger partial charge in [0.25, 0.3) is 0 Å². The van der Waals surface area contributed by atoms with E-state index in [9.17, 15) is 5.11 Å². The van der Waals surface area contributed by atoms with Crippen LogP contribution in [0, 0.1) is 11.3 Å². The number of nitrogens with zero attached hydrogens (tertiary/aromatic N) is 1. The van der Waals surface area contributed by atoms with Crippen molar-refractivity contribution in [3.05, 3.63) is 48.0 Å². The first-order valence-electron chi connectivity index (χ1n) is 5.28. The number of phenols is 1. The third-order valence-electron chi connectivity index (χ3n) is 2.37. The fourth-order valence-electron chi connectivity index (χ4n) is 1.45. The molecule has 0 saturated heterocycles. The van der Waals surface area contributed by atoms with E-state index in [0.29, 0.717) is 11.3 Å². The molecule has 0 fully saturated rings. The minimum Gasteiger partial charge on any atom is -0.508 e. The Bertz CT molecular complexity index is 588. The van der Waals surface area contributed by atoms with Crippen molar-refractivity contribution in [1.82, 2.24) is 0 Å². The third-order valence-corrected chi connectivity index (χ3v) is 3.46. The fraction of sp³-hybridized carbons (Fsp3) is 0.0714. The van der Waals surface area contributed by atoms with Crippen LogP contribution in [-0.4, -0.2) is 12.2 Å². The van der Waals surface area contributed by atoms with Crippen molar-refractivity contribution >= 4 is 11.8 Å². The van der Waals surface area contributed by atoms with Crippen molar-refractivity contribution in [3.63, 3.8) is 0 Å². The first-order valence-corrected chi connectivity index (χ1v) is 6.09. The van der Waals surface area contributed by atoms with Gasteiger partial charge >= 0.3 is 0 Å². The molecule has 0 unspecified atom stereocenters. The SMILES string of the molecule is COc1ccc(Sc2ccc(O)cc2)c(C#N)c1. The second-order valence-electron chi connectivity index (χ2n) is 3.57. The number of benzene rings is 2. The van der Waals surface area contributed by atoms with Crippen molar-refractivity contribution in [2.24, 2.45) is 0 Å². The van der Waals surface area contributed by atoms with Crippen LogP contribution in [0.4, 0.5) is 0 Å². The smallest absolute Gasteiger partial charge is 0.120 e. The number of hydrogen-bond acceptors (Lipinski definition) is 4. The van der Waals surface area contributed by atoms with Gasteiger partial charge in [0.2, 0.25) is 0 Å². The summed E-state index contributed by atoms with van der Waals surface area (Å²) in [6.07, 6.45) is 0. The van der Waals surface area contributed by atoms with Crippen LogP contribution < -0.4 is 4.74 Å². The molecule has 0 bridgehead atoms. The first-order chi connectivity index (χ1) is 8.72. The summed E-state index contributed by atoms with van der Waals surface area (Å²) in [5.74, 6) is 0.899. The number of nitriles is 1. The number of aromatic hydroxyl groups is 1. The van der Waals surface area contributed by atoms with Gasteiger partial charge in [0.1, 0.15) is 17.6 Å². The lowest BCUT2D eigenvalue weighted by Gasteiger charge is -2.06. The molecular weight excluding hydrogens is 246 g/mol. The second kappa shape index (κ2) is 5.48. The van der Waals surface area contributed by atoms with Gasteiger partial charge < -0.3 is 9.84 Å². The first kappa shape index (κ1) is 12.3.